The van der Waals surface area contributed by atoms with Crippen molar-refractivity contribution in [1.82, 2.24) is 0 Å². The molecule has 2 N–H and O–H groups in total. The number of benzene rings is 1. The average molecular weight is 214 g/mol. The van der Waals surface area contributed by atoms with E-state index in [4.69, 9.17) is 26.8 Å². The van der Waals surface area contributed by atoms with Crippen LogP contribution in [0.1, 0.15) is 12.0 Å². The van der Waals surface area contributed by atoms with Crippen LogP contribution in [0.2, 0.25) is 5.02 Å². The quantitative estimate of drug-likeness (QED) is 0.776. The molecule has 1 aromatic carbocycles. The number of hydrogen-bond donors (Lipinski definition) is 1. The molecule has 0 aromatic heterocycles. The molecule has 76 valence electrons. The molecule has 1 aromatic rings. The Hall–Kier alpha value is -0.930. The SMILES string of the molecule is NCc1c(Cl)ccc2c1OCCCO2. The van der Waals surface area contributed by atoms with Crippen LogP contribution in [0.5, 0.6) is 11.5 Å². The van der Waals surface area contributed by atoms with Gasteiger partial charge in [0.05, 0.1) is 13.2 Å². The fraction of sp³-hybridized carbons (Fsp3) is 0.400. The van der Waals surface area contributed by atoms with E-state index in [9.17, 15) is 0 Å². The van der Waals surface area contributed by atoms with Gasteiger partial charge in [0.15, 0.2) is 11.5 Å². The van der Waals surface area contributed by atoms with Crippen LogP contribution in [0.15, 0.2) is 12.1 Å². The Kier molecular flexibility index (Phi) is 2.79. The number of nitrogens with two attached hydrogens (primary N) is 1. The van der Waals surface area contributed by atoms with Crippen LogP contribution < -0.4 is 15.2 Å². The molecule has 0 atom stereocenters. The number of fused-ring (bicyclic) bond motifs is 1. The topological polar surface area (TPSA) is 44.5 Å². The summed E-state index contributed by atoms with van der Waals surface area (Å²) in [5.74, 6) is 1.45. The van der Waals surface area contributed by atoms with E-state index >= 15 is 0 Å². The molecule has 4 heteroatoms. The van der Waals surface area contributed by atoms with Crippen molar-refractivity contribution in [1.29, 1.82) is 0 Å². The number of ether oxygens (including phenoxy) is 2. The van der Waals surface area contributed by atoms with Crippen molar-refractivity contribution >= 4 is 11.6 Å². The maximum absolute atomic E-state index is 6.00. The van der Waals surface area contributed by atoms with E-state index in [-0.39, 0.29) is 0 Å². The molecular weight excluding hydrogens is 202 g/mol. The number of hydrogen-bond acceptors (Lipinski definition) is 3. The minimum Gasteiger partial charge on any atom is -0.490 e. The second kappa shape index (κ2) is 4.07. The predicted octanol–water partition coefficient (Wildman–Crippen LogP) is 1.96. The van der Waals surface area contributed by atoms with E-state index in [1.165, 1.54) is 0 Å². The van der Waals surface area contributed by atoms with Crippen molar-refractivity contribution in [2.24, 2.45) is 5.73 Å². The Morgan fingerprint density at radius 1 is 1.29 bits per heavy atom. The molecule has 0 saturated heterocycles. The molecule has 1 aliphatic heterocycles. The normalized spacial score (nSPS) is 15.0. The molecule has 0 aliphatic carbocycles. The summed E-state index contributed by atoms with van der Waals surface area (Å²) in [4.78, 5) is 0. The summed E-state index contributed by atoms with van der Waals surface area (Å²) in [7, 11) is 0. The molecule has 14 heavy (non-hydrogen) atoms. The van der Waals surface area contributed by atoms with Gasteiger partial charge in [-0.25, -0.2) is 0 Å². The number of halogens is 1. The van der Waals surface area contributed by atoms with Crippen LogP contribution in [-0.4, -0.2) is 13.2 Å². The summed E-state index contributed by atoms with van der Waals surface area (Å²) in [6.07, 6.45) is 0.885. The lowest BCUT2D eigenvalue weighted by Crippen LogP contribution is -2.03. The lowest BCUT2D eigenvalue weighted by atomic mass is 10.2. The van der Waals surface area contributed by atoms with Crippen molar-refractivity contribution in [3.8, 4) is 11.5 Å². The summed E-state index contributed by atoms with van der Waals surface area (Å²) in [6.45, 7) is 1.70. The van der Waals surface area contributed by atoms with E-state index in [1.54, 1.807) is 6.07 Å². The first-order valence-corrected chi connectivity index (χ1v) is 4.98. The zero-order chi connectivity index (χ0) is 9.97. The van der Waals surface area contributed by atoms with Gasteiger partial charge in [0.25, 0.3) is 0 Å². The highest BCUT2D eigenvalue weighted by Crippen LogP contribution is 2.37. The summed E-state index contributed by atoms with van der Waals surface area (Å²) in [6, 6.07) is 3.61. The Morgan fingerprint density at radius 3 is 2.86 bits per heavy atom. The van der Waals surface area contributed by atoms with Crippen molar-refractivity contribution in [2.75, 3.05) is 13.2 Å². The molecule has 0 radical (unpaired) electrons. The molecule has 1 aliphatic rings. The third-order valence-electron chi connectivity index (χ3n) is 2.16. The summed E-state index contributed by atoms with van der Waals surface area (Å²) in [5.41, 5.74) is 6.43. The molecule has 3 nitrogen and oxygen atoms in total. The van der Waals surface area contributed by atoms with Gasteiger partial charge in [0, 0.05) is 23.6 Å². The summed E-state index contributed by atoms with van der Waals surface area (Å²) < 4.78 is 11.1. The highest BCUT2D eigenvalue weighted by molar-refractivity contribution is 6.31. The Bertz CT molecular complexity index is 341. The Morgan fingerprint density at radius 2 is 2.07 bits per heavy atom. The predicted molar refractivity (Wildman–Crippen MR) is 55.0 cm³/mol. The van der Waals surface area contributed by atoms with Gasteiger partial charge in [0.1, 0.15) is 0 Å². The van der Waals surface area contributed by atoms with Crippen LogP contribution in [0.4, 0.5) is 0 Å². The lowest BCUT2D eigenvalue weighted by molar-refractivity contribution is 0.296. The van der Waals surface area contributed by atoms with E-state index < -0.39 is 0 Å². The molecule has 0 unspecified atom stereocenters. The maximum atomic E-state index is 6.00. The van der Waals surface area contributed by atoms with Gasteiger partial charge in [0.2, 0.25) is 0 Å². The average Bonchev–Trinajstić information content (AvgIpc) is 2.42. The fourth-order valence-corrected chi connectivity index (χ4v) is 1.69. The maximum Gasteiger partial charge on any atom is 0.167 e. The van der Waals surface area contributed by atoms with E-state index in [2.05, 4.69) is 0 Å². The fourth-order valence-electron chi connectivity index (χ4n) is 1.46. The van der Waals surface area contributed by atoms with E-state index in [1.807, 2.05) is 6.07 Å². The zero-order valence-electron chi connectivity index (χ0n) is 7.75. The van der Waals surface area contributed by atoms with Crippen LogP contribution in [0.25, 0.3) is 0 Å². The van der Waals surface area contributed by atoms with E-state index in [0.717, 1.165) is 17.7 Å². The third-order valence-corrected chi connectivity index (χ3v) is 2.52. The molecule has 1 heterocycles. The smallest absolute Gasteiger partial charge is 0.167 e. The molecule has 0 saturated carbocycles. The minimum atomic E-state index is 0.366. The molecule has 0 spiro atoms. The van der Waals surface area contributed by atoms with Gasteiger partial charge >= 0.3 is 0 Å². The first kappa shape index (κ1) is 9.62. The summed E-state index contributed by atoms with van der Waals surface area (Å²) in [5, 5.41) is 0.636. The van der Waals surface area contributed by atoms with Crippen LogP contribution >= 0.6 is 11.6 Å². The van der Waals surface area contributed by atoms with Gasteiger partial charge in [-0.3, -0.25) is 0 Å². The monoisotopic (exact) mass is 213 g/mol. The summed E-state index contributed by atoms with van der Waals surface area (Å²) >= 11 is 6.00. The largest absolute Gasteiger partial charge is 0.490 e. The first-order valence-electron chi connectivity index (χ1n) is 4.60. The second-order valence-electron chi connectivity index (χ2n) is 3.11. The van der Waals surface area contributed by atoms with Crippen molar-refractivity contribution in [3.05, 3.63) is 22.7 Å². The van der Waals surface area contributed by atoms with Crippen LogP contribution in [-0.2, 0) is 6.54 Å². The van der Waals surface area contributed by atoms with Gasteiger partial charge < -0.3 is 15.2 Å². The molecular formula is C10H12ClNO2. The first-order chi connectivity index (χ1) is 6.83. The zero-order valence-corrected chi connectivity index (χ0v) is 8.51. The minimum absolute atomic E-state index is 0.366. The highest BCUT2D eigenvalue weighted by Gasteiger charge is 2.16. The molecule has 2 rings (SSSR count). The van der Waals surface area contributed by atoms with E-state index in [0.29, 0.717) is 30.5 Å². The number of rotatable bonds is 1. The van der Waals surface area contributed by atoms with Crippen molar-refractivity contribution < 1.29 is 9.47 Å². The standard InChI is InChI=1S/C10H12ClNO2/c11-8-2-3-9-10(7(8)6-12)14-5-1-4-13-9/h2-3H,1,4-6,12H2. The van der Waals surface area contributed by atoms with Crippen LogP contribution in [0.3, 0.4) is 0 Å². The Balaban J connectivity index is 2.48. The van der Waals surface area contributed by atoms with Gasteiger partial charge in [-0.05, 0) is 12.1 Å². The van der Waals surface area contributed by atoms with Gasteiger partial charge in [-0.15, -0.1) is 0 Å². The van der Waals surface area contributed by atoms with Gasteiger partial charge in [-0.1, -0.05) is 11.6 Å². The highest BCUT2D eigenvalue weighted by atomic mass is 35.5. The van der Waals surface area contributed by atoms with Crippen molar-refractivity contribution in [2.45, 2.75) is 13.0 Å². The molecule has 0 amide bonds. The van der Waals surface area contributed by atoms with Crippen molar-refractivity contribution in [3.63, 3.8) is 0 Å². The third kappa shape index (κ3) is 1.65. The molecule has 0 fully saturated rings. The van der Waals surface area contributed by atoms with Crippen LogP contribution in [0, 0.1) is 0 Å². The lowest BCUT2D eigenvalue weighted by Gasteiger charge is -2.12. The Labute approximate surface area is 87.8 Å². The molecule has 0 bridgehead atoms. The second-order valence-corrected chi connectivity index (χ2v) is 3.52. The van der Waals surface area contributed by atoms with Gasteiger partial charge in [-0.2, -0.15) is 0 Å².